The van der Waals surface area contributed by atoms with Crippen LogP contribution in [-0.4, -0.2) is 82.3 Å². The fraction of sp³-hybridized carbons (Fsp3) is 0.686. The van der Waals surface area contributed by atoms with Crippen molar-refractivity contribution in [1.82, 2.24) is 4.90 Å². The number of esters is 1. The predicted octanol–water partition coefficient (Wildman–Crippen LogP) is 4.26. The number of rotatable bonds is 8. The van der Waals surface area contributed by atoms with Crippen LogP contribution in [-0.2, 0) is 23.9 Å². The number of Topliss-reactive ketones (excluding diaryl/α,β-unsaturated/α-hetero) is 1. The lowest BCUT2D eigenvalue weighted by Crippen LogP contribution is -2.63. The van der Waals surface area contributed by atoms with Gasteiger partial charge >= 0.3 is 5.97 Å². The van der Waals surface area contributed by atoms with Crippen molar-refractivity contribution in [1.29, 1.82) is 0 Å². The Morgan fingerprint density at radius 3 is 2.64 bits per heavy atom. The number of ether oxygens (including phenoxy) is 2. The molecule has 10 heteroatoms. The number of phenolic OH excluding ortho intramolecular Hbond substituents is 1. The van der Waals surface area contributed by atoms with Gasteiger partial charge in [0, 0.05) is 42.0 Å². The standard InChI is InChI=1S/C35H50N2O7S/c1-6-33(4)17-27(34(5)21(2)11-13-35(22(3)31(33)41)14-12-26(39)30(34)35)44-28(40)20-45-19-25-18-37(15-16-43-25)32(42)29(36)23-7-9-24(38)10-8-23/h6-10,21-22,25,27,29-31,38,41H,1,11-20,36H2,2-5H3/t21?,22-,25?,27+,29-,30?,31-,33+,34-,35-/m0/s1. The lowest BCUT2D eigenvalue weighted by molar-refractivity contribution is -0.205. The second-order valence-corrected chi connectivity index (χ2v) is 15.5. The van der Waals surface area contributed by atoms with Crippen molar-refractivity contribution in [3.63, 3.8) is 0 Å². The Hall–Kier alpha value is -2.40. The summed E-state index contributed by atoms with van der Waals surface area (Å²) in [6.07, 6.45) is 3.80. The molecular weight excluding hydrogens is 592 g/mol. The predicted molar refractivity (Wildman–Crippen MR) is 173 cm³/mol. The van der Waals surface area contributed by atoms with Crippen LogP contribution in [0.25, 0.3) is 0 Å². The molecule has 3 unspecified atom stereocenters. The third kappa shape index (κ3) is 6.08. The third-order valence-electron chi connectivity index (χ3n) is 12.1. The highest BCUT2D eigenvalue weighted by atomic mass is 32.2. The molecule has 10 atom stereocenters. The Kier molecular flexibility index (Phi) is 9.81. The van der Waals surface area contributed by atoms with Crippen molar-refractivity contribution in [3.8, 4) is 5.75 Å². The quantitative estimate of drug-likeness (QED) is 0.280. The fourth-order valence-electron chi connectivity index (χ4n) is 9.01. The molecule has 4 fully saturated rings. The van der Waals surface area contributed by atoms with E-state index in [1.165, 1.54) is 23.9 Å². The van der Waals surface area contributed by atoms with E-state index in [2.05, 4.69) is 27.4 Å². The second-order valence-electron chi connectivity index (χ2n) is 14.4. The van der Waals surface area contributed by atoms with E-state index < -0.39 is 29.1 Å². The number of aromatic hydroxyl groups is 1. The van der Waals surface area contributed by atoms with E-state index in [9.17, 15) is 24.6 Å². The van der Waals surface area contributed by atoms with Gasteiger partial charge in [-0.25, -0.2) is 0 Å². The summed E-state index contributed by atoms with van der Waals surface area (Å²) in [5.41, 5.74) is 5.32. The van der Waals surface area contributed by atoms with Gasteiger partial charge in [0.05, 0.1) is 24.6 Å². The summed E-state index contributed by atoms with van der Waals surface area (Å²) in [4.78, 5) is 41.9. The number of amides is 1. The number of nitrogens with two attached hydrogens (primary N) is 1. The molecule has 2 bridgehead atoms. The van der Waals surface area contributed by atoms with E-state index in [4.69, 9.17) is 15.2 Å². The van der Waals surface area contributed by atoms with Gasteiger partial charge in [-0.05, 0) is 60.6 Å². The van der Waals surface area contributed by atoms with Crippen LogP contribution in [0.5, 0.6) is 5.75 Å². The Bertz CT molecular complexity index is 1290. The van der Waals surface area contributed by atoms with Crippen LogP contribution in [0.4, 0.5) is 0 Å². The molecule has 1 heterocycles. The Balaban J connectivity index is 1.24. The summed E-state index contributed by atoms with van der Waals surface area (Å²) in [5.74, 6) is 0.222. The van der Waals surface area contributed by atoms with Crippen molar-refractivity contribution in [2.45, 2.75) is 84.2 Å². The van der Waals surface area contributed by atoms with E-state index in [0.29, 0.717) is 43.9 Å². The fourth-order valence-corrected chi connectivity index (χ4v) is 9.83. The molecular formula is C35H50N2O7S. The zero-order valence-corrected chi connectivity index (χ0v) is 27.9. The first-order chi connectivity index (χ1) is 21.3. The minimum Gasteiger partial charge on any atom is -0.508 e. The number of carbonyl (C=O) groups is 3. The smallest absolute Gasteiger partial charge is 0.316 e. The Morgan fingerprint density at radius 2 is 1.96 bits per heavy atom. The van der Waals surface area contributed by atoms with Crippen LogP contribution in [0.2, 0.25) is 0 Å². The molecule has 5 rings (SSSR count). The molecule has 1 aromatic rings. The summed E-state index contributed by atoms with van der Waals surface area (Å²) >= 11 is 1.40. The lowest BCUT2D eigenvalue weighted by Gasteiger charge is -2.61. The molecule has 0 aromatic heterocycles. The van der Waals surface area contributed by atoms with Gasteiger partial charge in [-0.15, -0.1) is 18.3 Å². The summed E-state index contributed by atoms with van der Waals surface area (Å²) in [6, 6.07) is 5.46. The number of morpholine rings is 1. The second kappa shape index (κ2) is 13.0. The van der Waals surface area contributed by atoms with Gasteiger partial charge in [-0.3, -0.25) is 14.4 Å². The van der Waals surface area contributed by atoms with Crippen LogP contribution in [0, 0.1) is 34.0 Å². The van der Waals surface area contributed by atoms with Gasteiger partial charge in [-0.2, -0.15) is 0 Å². The molecule has 0 spiro atoms. The summed E-state index contributed by atoms with van der Waals surface area (Å²) in [5, 5.41) is 21.3. The minimum absolute atomic E-state index is 0.0754. The number of aliphatic hydroxyl groups excluding tert-OH is 1. The number of phenols is 1. The minimum atomic E-state index is -0.840. The molecule has 4 N–H and O–H groups in total. The van der Waals surface area contributed by atoms with Gasteiger partial charge in [0.1, 0.15) is 23.7 Å². The van der Waals surface area contributed by atoms with E-state index in [1.807, 2.05) is 13.0 Å². The summed E-state index contributed by atoms with van der Waals surface area (Å²) in [6.45, 7) is 13.7. The van der Waals surface area contributed by atoms with Crippen molar-refractivity contribution in [3.05, 3.63) is 42.5 Å². The highest BCUT2D eigenvalue weighted by Gasteiger charge is 2.68. The Labute approximate surface area is 271 Å². The SMILES string of the molecule is C=C[C@]1(C)C[C@@H](OC(=O)CSCC2CN(C(=O)[C@@H](N)c3ccc(O)cc3)CCO2)[C@]2(C)C(C)CC[C@]3(CCC(=O)C32)[C@@H](C)[C@@H]1O. The van der Waals surface area contributed by atoms with Crippen LogP contribution < -0.4 is 5.73 Å². The average molecular weight is 643 g/mol. The number of nitrogens with zero attached hydrogens (tertiary/aromatic N) is 1. The van der Waals surface area contributed by atoms with Gasteiger partial charge in [-0.1, -0.05) is 45.9 Å². The number of hydrogen-bond acceptors (Lipinski definition) is 9. The summed E-state index contributed by atoms with van der Waals surface area (Å²) < 4.78 is 12.3. The van der Waals surface area contributed by atoms with Gasteiger partial charge in [0.15, 0.2) is 0 Å². The topological polar surface area (TPSA) is 139 Å². The normalized spacial score (nSPS) is 38.9. The summed E-state index contributed by atoms with van der Waals surface area (Å²) in [7, 11) is 0. The zero-order chi connectivity index (χ0) is 32.7. The Morgan fingerprint density at radius 1 is 1.24 bits per heavy atom. The number of aliphatic hydroxyl groups is 1. The van der Waals surface area contributed by atoms with Crippen molar-refractivity contribution < 1.29 is 34.1 Å². The van der Waals surface area contributed by atoms with E-state index in [1.54, 1.807) is 17.0 Å². The molecule has 9 nitrogen and oxygen atoms in total. The number of ketones is 1. The maximum Gasteiger partial charge on any atom is 0.316 e. The molecule has 3 aliphatic carbocycles. The number of benzene rings is 1. The zero-order valence-electron chi connectivity index (χ0n) is 27.1. The van der Waals surface area contributed by atoms with Crippen LogP contribution in [0.3, 0.4) is 0 Å². The third-order valence-corrected chi connectivity index (χ3v) is 13.1. The molecule has 0 radical (unpaired) electrons. The van der Waals surface area contributed by atoms with Gasteiger partial charge in [0.25, 0.3) is 0 Å². The maximum atomic E-state index is 13.6. The molecule has 3 saturated carbocycles. The largest absolute Gasteiger partial charge is 0.508 e. The molecule has 1 aliphatic heterocycles. The molecule has 1 saturated heterocycles. The molecule has 45 heavy (non-hydrogen) atoms. The number of thioether (sulfide) groups is 1. The van der Waals surface area contributed by atoms with Crippen molar-refractivity contribution >= 4 is 29.4 Å². The van der Waals surface area contributed by atoms with E-state index in [0.717, 1.165) is 19.3 Å². The first kappa shape index (κ1) is 33.9. The van der Waals surface area contributed by atoms with Gasteiger partial charge in [0.2, 0.25) is 5.91 Å². The maximum absolute atomic E-state index is 13.6. The van der Waals surface area contributed by atoms with Crippen molar-refractivity contribution in [2.75, 3.05) is 31.2 Å². The van der Waals surface area contributed by atoms with E-state index in [-0.39, 0.29) is 58.4 Å². The van der Waals surface area contributed by atoms with Crippen LogP contribution in [0.15, 0.2) is 36.9 Å². The molecule has 1 amide bonds. The average Bonchev–Trinajstić information content (AvgIpc) is 3.39. The highest BCUT2D eigenvalue weighted by molar-refractivity contribution is 7.99. The first-order valence-corrected chi connectivity index (χ1v) is 17.5. The number of hydrogen-bond donors (Lipinski definition) is 3. The molecule has 4 aliphatic rings. The molecule has 248 valence electrons. The molecule has 1 aromatic carbocycles. The first-order valence-electron chi connectivity index (χ1n) is 16.3. The van der Waals surface area contributed by atoms with Crippen molar-refractivity contribution in [2.24, 2.45) is 39.7 Å². The lowest BCUT2D eigenvalue weighted by atomic mass is 9.44. The van der Waals surface area contributed by atoms with Crippen LogP contribution in [0.1, 0.15) is 71.4 Å². The van der Waals surface area contributed by atoms with Gasteiger partial charge < -0.3 is 30.3 Å². The van der Waals surface area contributed by atoms with Crippen LogP contribution >= 0.6 is 11.8 Å². The number of carbonyl (C=O) groups excluding carboxylic acids is 3. The monoisotopic (exact) mass is 642 g/mol. The highest BCUT2D eigenvalue weighted by Crippen LogP contribution is 2.68. The van der Waals surface area contributed by atoms with E-state index >= 15 is 0 Å².